The van der Waals surface area contributed by atoms with Gasteiger partial charge in [-0.2, -0.15) is 5.10 Å². The molecule has 2 aliphatic rings. The van der Waals surface area contributed by atoms with Crippen molar-refractivity contribution in [2.45, 2.75) is 37.6 Å². The Morgan fingerprint density at radius 3 is 2.88 bits per heavy atom. The van der Waals surface area contributed by atoms with E-state index < -0.39 is 0 Å². The summed E-state index contributed by atoms with van der Waals surface area (Å²) in [7, 11) is 0. The fourth-order valence-electron chi connectivity index (χ4n) is 3.29. The van der Waals surface area contributed by atoms with Gasteiger partial charge in [0.2, 0.25) is 5.91 Å². The number of benzene rings is 1. The summed E-state index contributed by atoms with van der Waals surface area (Å²) in [6.45, 7) is 2.69. The second kappa shape index (κ2) is 7.33. The molecule has 0 radical (unpaired) electrons. The molecule has 1 aromatic carbocycles. The molecular formula is C18H23N5O2. The van der Waals surface area contributed by atoms with Gasteiger partial charge in [-0.15, -0.1) is 0 Å². The number of carbonyl (C=O) groups is 1. The summed E-state index contributed by atoms with van der Waals surface area (Å²) >= 11 is 0. The lowest BCUT2D eigenvalue weighted by Crippen LogP contribution is -2.50. The molecule has 2 heterocycles. The molecule has 1 saturated carbocycles. The molecule has 0 spiro atoms. The molecule has 2 aromatic rings. The standard InChI is InChI=1S/C18H23N5O2/c24-18(21-15-6-7-15)17(14-4-2-1-3-5-14)22-8-9-25-16(10-22)11-23-13-19-12-20-23/h1-5,12-13,15-17H,6-11H2,(H,21,24)/t16-,17+/m0/s1. The summed E-state index contributed by atoms with van der Waals surface area (Å²) in [4.78, 5) is 19.1. The van der Waals surface area contributed by atoms with Gasteiger partial charge in [0.1, 0.15) is 18.7 Å². The van der Waals surface area contributed by atoms with E-state index in [9.17, 15) is 4.79 Å². The van der Waals surface area contributed by atoms with E-state index in [2.05, 4.69) is 20.3 Å². The second-order valence-electron chi connectivity index (χ2n) is 6.70. The van der Waals surface area contributed by atoms with Crippen molar-refractivity contribution in [1.82, 2.24) is 25.0 Å². The number of carbonyl (C=O) groups excluding carboxylic acids is 1. The predicted octanol–water partition coefficient (Wildman–Crippen LogP) is 0.999. The number of rotatable bonds is 6. The molecule has 25 heavy (non-hydrogen) atoms. The molecule has 2 fully saturated rings. The zero-order valence-corrected chi connectivity index (χ0v) is 14.1. The molecule has 132 valence electrons. The zero-order chi connectivity index (χ0) is 17.1. The summed E-state index contributed by atoms with van der Waals surface area (Å²) in [5, 5.41) is 7.31. The maximum atomic E-state index is 12.9. The van der Waals surface area contributed by atoms with E-state index in [1.54, 1.807) is 11.0 Å². The smallest absolute Gasteiger partial charge is 0.242 e. The highest BCUT2D eigenvalue weighted by molar-refractivity contribution is 5.83. The number of amides is 1. The van der Waals surface area contributed by atoms with Gasteiger partial charge in [-0.05, 0) is 18.4 Å². The monoisotopic (exact) mass is 341 g/mol. The average molecular weight is 341 g/mol. The normalized spacial score (nSPS) is 22.5. The highest BCUT2D eigenvalue weighted by Gasteiger charge is 2.34. The molecule has 0 bridgehead atoms. The molecule has 4 rings (SSSR count). The van der Waals surface area contributed by atoms with Crippen LogP contribution in [0.5, 0.6) is 0 Å². The summed E-state index contributed by atoms with van der Waals surface area (Å²) in [5.41, 5.74) is 1.03. The predicted molar refractivity (Wildman–Crippen MR) is 91.7 cm³/mol. The molecule has 1 N–H and O–H groups in total. The lowest BCUT2D eigenvalue weighted by atomic mass is 10.0. The van der Waals surface area contributed by atoms with Crippen molar-refractivity contribution in [2.75, 3.05) is 19.7 Å². The number of nitrogens with zero attached hydrogens (tertiary/aromatic N) is 4. The van der Waals surface area contributed by atoms with Gasteiger partial charge < -0.3 is 10.1 Å². The van der Waals surface area contributed by atoms with Gasteiger partial charge in [0, 0.05) is 19.1 Å². The maximum absolute atomic E-state index is 12.9. The van der Waals surface area contributed by atoms with Gasteiger partial charge in [-0.3, -0.25) is 14.4 Å². The zero-order valence-electron chi connectivity index (χ0n) is 14.1. The van der Waals surface area contributed by atoms with Gasteiger partial charge in [-0.1, -0.05) is 30.3 Å². The number of hydrogen-bond donors (Lipinski definition) is 1. The number of nitrogens with one attached hydrogen (secondary N) is 1. The fraction of sp³-hybridized carbons (Fsp3) is 0.500. The molecule has 2 atom stereocenters. The van der Waals surface area contributed by atoms with Crippen LogP contribution in [0.15, 0.2) is 43.0 Å². The van der Waals surface area contributed by atoms with Crippen molar-refractivity contribution in [2.24, 2.45) is 0 Å². The molecule has 1 aliphatic heterocycles. The van der Waals surface area contributed by atoms with Gasteiger partial charge in [0.15, 0.2) is 0 Å². The first-order chi connectivity index (χ1) is 12.3. The average Bonchev–Trinajstić information content (AvgIpc) is 3.29. The van der Waals surface area contributed by atoms with E-state index in [1.165, 1.54) is 6.33 Å². The fourth-order valence-corrected chi connectivity index (χ4v) is 3.29. The lowest BCUT2D eigenvalue weighted by Gasteiger charge is -2.37. The van der Waals surface area contributed by atoms with Crippen molar-refractivity contribution in [3.63, 3.8) is 0 Å². The van der Waals surface area contributed by atoms with Crippen LogP contribution < -0.4 is 5.32 Å². The Balaban J connectivity index is 1.50. The van der Waals surface area contributed by atoms with Crippen LogP contribution in [0.1, 0.15) is 24.4 Å². The van der Waals surface area contributed by atoms with Crippen LogP contribution in [0.2, 0.25) is 0 Å². The summed E-state index contributed by atoms with van der Waals surface area (Å²) in [5.74, 6) is 0.0927. The van der Waals surface area contributed by atoms with Crippen LogP contribution in [0, 0.1) is 0 Å². The highest BCUT2D eigenvalue weighted by atomic mass is 16.5. The van der Waals surface area contributed by atoms with E-state index in [0.717, 1.165) is 24.9 Å². The summed E-state index contributed by atoms with van der Waals surface area (Å²) < 4.78 is 7.65. The number of morpholine rings is 1. The van der Waals surface area contributed by atoms with Crippen LogP contribution in [0.4, 0.5) is 0 Å². The lowest BCUT2D eigenvalue weighted by molar-refractivity contribution is -0.130. The summed E-state index contributed by atoms with van der Waals surface area (Å²) in [6.07, 6.45) is 5.39. The Morgan fingerprint density at radius 2 is 2.16 bits per heavy atom. The second-order valence-corrected chi connectivity index (χ2v) is 6.70. The minimum atomic E-state index is -0.274. The topological polar surface area (TPSA) is 72.3 Å². The largest absolute Gasteiger partial charge is 0.374 e. The van der Waals surface area contributed by atoms with E-state index in [4.69, 9.17) is 4.74 Å². The Labute approximate surface area is 147 Å². The van der Waals surface area contributed by atoms with E-state index >= 15 is 0 Å². The first-order valence-corrected chi connectivity index (χ1v) is 8.83. The minimum absolute atomic E-state index is 0.00427. The molecule has 1 amide bonds. The minimum Gasteiger partial charge on any atom is -0.374 e. The Morgan fingerprint density at radius 1 is 1.32 bits per heavy atom. The van der Waals surface area contributed by atoms with Gasteiger partial charge in [-0.25, -0.2) is 4.98 Å². The third-order valence-electron chi connectivity index (χ3n) is 4.68. The van der Waals surface area contributed by atoms with Crippen molar-refractivity contribution in [1.29, 1.82) is 0 Å². The SMILES string of the molecule is O=C(NC1CC1)[C@@H](c1ccccc1)N1CCO[C@H](Cn2cncn2)C1. The Hall–Kier alpha value is -2.25. The van der Waals surface area contributed by atoms with E-state index in [0.29, 0.717) is 25.7 Å². The van der Waals surface area contributed by atoms with E-state index in [-0.39, 0.29) is 18.1 Å². The molecule has 7 nitrogen and oxygen atoms in total. The van der Waals surface area contributed by atoms with Crippen molar-refractivity contribution in [3.8, 4) is 0 Å². The maximum Gasteiger partial charge on any atom is 0.242 e. The highest BCUT2D eigenvalue weighted by Crippen LogP contribution is 2.26. The molecule has 7 heteroatoms. The Kier molecular flexibility index (Phi) is 4.76. The van der Waals surface area contributed by atoms with Crippen molar-refractivity contribution in [3.05, 3.63) is 48.5 Å². The third-order valence-corrected chi connectivity index (χ3v) is 4.68. The molecule has 1 saturated heterocycles. The third kappa shape index (κ3) is 4.05. The first kappa shape index (κ1) is 16.2. The van der Waals surface area contributed by atoms with Crippen LogP contribution in [-0.2, 0) is 16.1 Å². The van der Waals surface area contributed by atoms with Crippen molar-refractivity contribution < 1.29 is 9.53 Å². The van der Waals surface area contributed by atoms with Gasteiger partial charge >= 0.3 is 0 Å². The van der Waals surface area contributed by atoms with Crippen LogP contribution >= 0.6 is 0 Å². The van der Waals surface area contributed by atoms with Crippen LogP contribution in [-0.4, -0.2) is 57.4 Å². The summed E-state index contributed by atoms with van der Waals surface area (Å²) in [6, 6.07) is 10.1. The molecule has 0 unspecified atom stereocenters. The molecular weight excluding hydrogens is 318 g/mol. The van der Waals surface area contributed by atoms with Crippen molar-refractivity contribution >= 4 is 5.91 Å². The molecule has 1 aliphatic carbocycles. The van der Waals surface area contributed by atoms with Crippen LogP contribution in [0.25, 0.3) is 0 Å². The van der Waals surface area contributed by atoms with Crippen LogP contribution in [0.3, 0.4) is 0 Å². The number of aromatic nitrogens is 3. The van der Waals surface area contributed by atoms with Gasteiger partial charge in [0.05, 0.1) is 19.3 Å². The quantitative estimate of drug-likeness (QED) is 0.849. The van der Waals surface area contributed by atoms with E-state index in [1.807, 2.05) is 30.3 Å². The molecule has 1 aromatic heterocycles. The van der Waals surface area contributed by atoms with Gasteiger partial charge in [0.25, 0.3) is 0 Å². The number of hydrogen-bond acceptors (Lipinski definition) is 5. The Bertz CT molecular complexity index is 687. The first-order valence-electron chi connectivity index (χ1n) is 8.83. The number of ether oxygens (including phenoxy) is 1.